The molecule has 4 rings (SSSR count). The molecule has 10 heteroatoms. The molecule has 3 aromatic rings. The number of thiophene rings is 1. The van der Waals surface area contributed by atoms with Crippen LogP contribution in [0.15, 0.2) is 37.5 Å². The summed E-state index contributed by atoms with van der Waals surface area (Å²) < 4.78 is 44.9. The van der Waals surface area contributed by atoms with Crippen molar-refractivity contribution in [1.29, 1.82) is 0 Å². The molecule has 148 valence electrons. The number of hydrogen-bond acceptors (Lipinski definition) is 7. The second-order valence-corrected chi connectivity index (χ2v) is 9.84. The van der Waals surface area contributed by atoms with Gasteiger partial charge in [0.1, 0.15) is 9.37 Å². The minimum absolute atomic E-state index is 0.0570. The Morgan fingerprint density at radius 1 is 1.25 bits per heavy atom. The smallest absolute Gasteiger partial charge is 0.265 e. The highest BCUT2D eigenvalue weighted by atomic mass is 79.9. The van der Waals surface area contributed by atoms with Crippen molar-refractivity contribution in [2.24, 2.45) is 0 Å². The van der Waals surface area contributed by atoms with Gasteiger partial charge in [-0.3, -0.25) is 0 Å². The molecule has 0 spiro atoms. The third-order valence-electron chi connectivity index (χ3n) is 4.59. The topological polar surface area (TPSA) is 90.7 Å². The van der Waals surface area contributed by atoms with E-state index < -0.39 is 10.0 Å². The van der Waals surface area contributed by atoms with Crippen molar-refractivity contribution in [1.82, 2.24) is 5.16 Å². The molecule has 0 saturated carbocycles. The lowest BCUT2D eigenvalue weighted by atomic mass is 9.94. The third kappa shape index (κ3) is 3.29. The van der Waals surface area contributed by atoms with E-state index in [9.17, 15) is 8.42 Å². The third-order valence-corrected chi connectivity index (χ3v) is 8.14. The highest BCUT2D eigenvalue weighted by Crippen LogP contribution is 2.41. The number of anilines is 1. The van der Waals surface area contributed by atoms with Gasteiger partial charge >= 0.3 is 0 Å². The summed E-state index contributed by atoms with van der Waals surface area (Å²) in [6, 6.07) is 5.43. The van der Waals surface area contributed by atoms with Crippen LogP contribution in [0, 0.1) is 13.8 Å². The van der Waals surface area contributed by atoms with Crippen LogP contribution in [0.2, 0.25) is 0 Å². The number of fused-ring (bicyclic) bond motifs is 1. The van der Waals surface area contributed by atoms with E-state index in [0.717, 1.165) is 16.0 Å². The maximum absolute atomic E-state index is 13.0. The number of hydrogen-bond donors (Lipinski definition) is 1. The van der Waals surface area contributed by atoms with Crippen molar-refractivity contribution in [3.05, 3.63) is 49.7 Å². The van der Waals surface area contributed by atoms with E-state index in [1.807, 2.05) is 26.0 Å². The molecule has 1 aliphatic heterocycles. The molecule has 0 amide bonds. The number of aryl methyl sites for hydroxylation is 2. The molecule has 0 fully saturated rings. The quantitative estimate of drug-likeness (QED) is 0.559. The predicted octanol–water partition coefficient (Wildman–Crippen LogP) is 4.80. The van der Waals surface area contributed by atoms with Crippen LogP contribution in [0.1, 0.15) is 34.5 Å². The summed E-state index contributed by atoms with van der Waals surface area (Å²) in [7, 11) is -3.85. The monoisotopic (exact) mass is 484 g/mol. The first-order valence-corrected chi connectivity index (χ1v) is 11.6. The van der Waals surface area contributed by atoms with Crippen LogP contribution in [-0.4, -0.2) is 20.4 Å². The largest absolute Gasteiger partial charge is 0.454 e. The van der Waals surface area contributed by atoms with Crippen LogP contribution in [0.3, 0.4) is 0 Å². The first-order chi connectivity index (χ1) is 13.3. The molecule has 0 aliphatic carbocycles. The molecule has 28 heavy (non-hydrogen) atoms. The Hall–Kier alpha value is -2.04. The fourth-order valence-electron chi connectivity index (χ4n) is 3.11. The zero-order valence-corrected chi connectivity index (χ0v) is 18.5. The highest BCUT2D eigenvalue weighted by molar-refractivity contribution is 9.10. The molecule has 1 aliphatic rings. The lowest BCUT2D eigenvalue weighted by Gasteiger charge is -2.16. The van der Waals surface area contributed by atoms with Crippen molar-refractivity contribution < 1.29 is 22.4 Å². The molecule has 7 nitrogen and oxygen atoms in total. The maximum atomic E-state index is 13.0. The average molecular weight is 485 g/mol. The summed E-state index contributed by atoms with van der Waals surface area (Å²) in [5.41, 5.74) is 2.56. The molecule has 3 heterocycles. The van der Waals surface area contributed by atoms with Crippen molar-refractivity contribution in [3.8, 4) is 11.5 Å². The summed E-state index contributed by atoms with van der Waals surface area (Å²) in [6.07, 6.45) is 0. The van der Waals surface area contributed by atoms with E-state index in [0.29, 0.717) is 21.7 Å². The van der Waals surface area contributed by atoms with Gasteiger partial charge in [-0.05, 0) is 64.5 Å². The molecule has 0 saturated heterocycles. The number of benzene rings is 1. The maximum Gasteiger partial charge on any atom is 0.265 e. The number of rotatable bonds is 5. The molecule has 2 aromatic heterocycles. The Bertz CT molecular complexity index is 1150. The molecule has 0 radical (unpaired) electrons. The van der Waals surface area contributed by atoms with Crippen LogP contribution in [-0.2, 0) is 10.0 Å². The lowest BCUT2D eigenvalue weighted by molar-refractivity contribution is 0.174. The highest BCUT2D eigenvalue weighted by Gasteiger charge is 2.28. The molecule has 1 aromatic carbocycles. The van der Waals surface area contributed by atoms with E-state index in [1.54, 1.807) is 18.4 Å². The Morgan fingerprint density at radius 3 is 2.64 bits per heavy atom. The van der Waals surface area contributed by atoms with Gasteiger partial charge in [0.15, 0.2) is 11.5 Å². The van der Waals surface area contributed by atoms with E-state index >= 15 is 0 Å². The van der Waals surface area contributed by atoms with E-state index in [1.165, 1.54) is 11.3 Å². The second-order valence-electron chi connectivity index (χ2n) is 6.45. The minimum Gasteiger partial charge on any atom is -0.454 e. The first-order valence-electron chi connectivity index (χ1n) is 8.40. The molecular formula is C18H17BrN2O5S2. The van der Waals surface area contributed by atoms with Gasteiger partial charge < -0.3 is 14.0 Å². The summed E-state index contributed by atoms with van der Waals surface area (Å²) in [6.45, 7) is 5.86. The van der Waals surface area contributed by atoms with Crippen molar-refractivity contribution >= 4 is 43.2 Å². The Balaban J connectivity index is 1.70. The number of nitrogens with one attached hydrogen (secondary N) is 1. The van der Waals surface area contributed by atoms with E-state index in [2.05, 4.69) is 25.8 Å². The molecule has 1 unspecified atom stereocenters. The van der Waals surface area contributed by atoms with Crippen molar-refractivity contribution in [2.75, 3.05) is 11.5 Å². The van der Waals surface area contributed by atoms with Crippen molar-refractivity contribution in [2.45, 2.75) is 31.6 Å². The molecule has 0 bridgehead atoms. The summed E-state index contributed by atoms with van der Waals surface area (Å²) in [4.78, 5) is 0.935. The first kappa shape index (κ1) is 19.3. The standard InChI is InChI=1S/C18H17BrN2O5S2/c1-9-6-13-14(25-8-24-13)7-12(9)10(2)17-15(4-5-27-17)28(22,23)21-18-16(19)11(3)20-26-18/h4-7,10,21H,8H2,1-3H3. The normalized spacial score (nSPS) is 14.3. The number of nitrogens with zero attached hydrogens (tertiary/aromatic N) is 1. The van der Waals surface area contributed by atoms with Gasteiger partial charge in [0.25, 0.3) is 15.9 Å². The summed E-state index contributed by atoms with van der Waals surface area (Å²) >= 11 is 4.67. The van der Waals surface area contributed by atoms with Gasteiger partial charge in [-0.25, -0.2) is 13.1 Å². The predicted molar refractivity (Wildman–Crippen MR) is 109 cm³/mol. The zero-order chi connectivity index (χ0) is 20.1. The van der Waals surface area contributed by atoms with Gasteiger partial charge in [0, 0.05) is 10.8 Å². The number of halogens is 1. The number of ether oxygens (including phenoxy) is 2. The zero-order valence-electron chi connectivity index (χ0n) is 15.3. The Morgan fingerprint density at radius 2 is 1.96 bits per heavy atom. The van der Waals surface area contributed by atoms with Crippen LogP contribution >= 0.6 is 27.3 Å². The average Bonchev–Trinajstić information content (AvgIpc) is 3.37. The fraction of sp³-hybridized carbons (Fsp3) is 0.278. The lowest BCUT2D eigenvalue weighted by Crippen LogP contribution is -2.14. The second kappa shape index (κ2) is 7.09. The minimum atomic E-state index is -3.85. The Labute approximate surface area is 174 Å². The molecule has 1 N–H and O–H groups in total. The van der Waals surface area contributed by atoms with Gasteiger partial charge in [0.05, 0.1) is 5.69 Å². The van der Waals surface area contributed by atoms with Crippen LogP contribution < -0.4 is 14.2 Å². The van der Waals surface area contributed by atoms with Gasteiger partial charge in [-0.15, -0.1) is 11.3 Å². The van der Waals surface area contributed by atoms with Gasteiger partial charge in [-0.2, -0.15) is 0 Å². The van der Waals surface area contributed by atoms with Crippen LogP contribution in [0.4, 0.5) is 5.88 Å². The Kier molecular flexibility index (Phi) is 4.88. The number of sulfonamides is 1. The van der Waals surface area contributed by atoms with Crippen LogP contribution in [0.25, 0.3) is 0 Å². The van der Waals surface area contributed by atoms with Crippen LogP contribution in [0.5, 0.6) is 11.5 Å². The van der Waals surface area contributed by atoms with E-state index in [-0.39, 0.29) is 23.5 Å². The van der Waals surface area contributed by atoms with Crippen molar-refractivity contribution in [3.63, 3.8) is 0 Å². The van der Waals surface area contributed by atoms with E-state index in [4.69, 9.17) is 14.0 Å². The van der Waals surface area contributed by atoms with Gasteiger partial charge in [-0.1, -0.05) is 12.1 Å². The molecule has 1 atom stereocenters. The molecular weight excluding hydrogens is 468 g/mol. The summed E-state index contributed by atoms with van der Waals surface area (Å²) in [5, 5.41) is 5.53. The van der Waals surface area contributed by atoms with Gasteiger partial charge in [0.2, 0.25) is 6.79 Å². The SMILES string of the molecule is Cc1cc2c(cc1C(C)c1sccc1S(=O)(=O)Nc1onc(C)c1Br)OCO2. The number of aromatic nitrogens is 1. The fourth-order valence-corrected chi connectivity index (χ4v) is 6.10. The summed E-state index contributed by atoms with van der Waals surface area (Å²) in [5.74, 6) is 1.29.